The van der Waals surface area contributed by atoms with Gasteiger partial charge in [0.25, 0.3) is 0 Å². The minimum Gasteiger partial charge on any atom is -0.383 e. The summed E-state index contributed by atoms with van der Waals surface area (Å²) in [5.41, 5.74) is 7.60. The van der Waals surface area contributed by atoms with Gasteiger partial charge in [-0.05, 0) is 25.6 Å². The first kappa shape index (κ1) is 14.1. The van der Waals surface area contributed by atoms with Crippen molar-refractivity contribution in [2.45, 2.75) is 33.0 Å². The van der Waals surface area contributed by atoms with Gasteiger partial charge in [-0.25, -0.2) is 0 Å². The molecule has 17 heavy (non-hydrogen) atoms. The second-order valence-corrected chi connectivity index (χ2v) is 4.19. The third-order valence-electron chi connectivity index (χ3n) is 2.88. The number of likely N-dealkylation sites (N-methyl/N-ethyl adjacent to an activating group) is 1. The van der Waals surface area contributed by atoms with Crippen LogP contribution in [0, 0.1) is 0 Å². The molecule has 1 rings (SSSR count). The van der Waals surface area contributed by atoms with Crippen molar-refractivity contribution in [2.75, 3.05) is 20.3 Å². The number of hydrogen-bond donors (Lipinski definition) is 1. The van der Waals surface area contributed by atoms with Crippen molar-refractivity contribution < 1.29 is 4.74 Å². The Morgan fingerprint density at radius 3 is 2.71 bits per heavy atom. The fourth-order valence-corrected chi connectivity index (χ4v) is 1.87. The first-order valence-corrected chi connectivity index (χ1v) is 6.09. The van der Waals surface area contributed by atoms with Crippen molar-refractivity contribution >= 4 is 0 Å². The number of nitrogens with zero attached hydrogens (tertiary/aromatic N) is 2. The molecule has 2 N–H and O–H groups in total. The topological polar surface area (TPSA) is 51.4 Å². The molecule has 0 radical (unpaired) electrons. The summed E-state index contributed by atoms with van der Waals surface area (Å²) in [5.74, 6) is 0. The number of methoxy groups -OCH3 is 1. The molecule has 4 heteroatoms. The Labute approximate surface area is 104 Å². The van der Waals surface area contributed by atoms with E-state index >= 15 is 0 Å². The summed E-state index contributed by atoms with van der Waals surface area (Å²) in [7, 11) is 1.73. The molecule has 0 aliphatic carbocycles. The van der Waals surface area contributed by atoms with Gasteiger partial charge in [0.1, 0.15) is 0 Å². The monoisotopic (exact) mass is 237 g/mol. The van der Waals surface area contributed by atoms with Crippen molar-refractivity contribution in [1.82, 2.24) is 9.88 Å². The largest absolute Gasteiger partial charge is 0.383 e. The third kappa shape index (κ3) is 4.42. The lowest BCUT2D eigenvalue weighted by Gasteiger charge is -2.26. The molecule has 0 bridgehead atoms. The van der Waals surface area contributed by atoms with Crippen LogP contribution in [-0.2, 0) is 17.8 Å². The van der Waals surface area contributed by atoms with Crippen molar-refractivity contribution in [1.29, 1.82) is 0 Å². The van der Waals surface area contributed by atoms with Crippen LogP contribution in [0.5, 0.6) is 0 Å². The van der Waals surface area contributed by atoms with Gasteiger partial charge >= 0.3 is 0 Å². The van der Waals surface area contributed by atoms with E-state index in [0.717, 1.165) is 31.1 Å². The molecule has 1 heterocycles. The minimum absolute atomic E-state index is 0.397. The SMILES string of the molecule is CCN(Cc1cccc(CN)n1)C(C)COC. The maximum absolute atomic E-state index is 5.59. The number of ether oxygens (including phenoxy) is 1. The molecule has 4 nitrogen and oxygen atoms in total. The van der Waals surface area contributed by atoms with Gasteiger partial charge in [-0.3, -0.25) is 9.88 Å². The average molecular weight is 237 g/mol. The molecule has 0 aliphatic heterocycles. The van der Waals surface area contributed by atoms with Crippen molar-refractivity contribution in [2.24, 2.45) is 5.73 Å². The number of hydrogen-bond acceptors (Lipinski definition) is 4. The maximum atomic E-state index is 5.59. The first-order valence-electron chi connectivity index (χ1n) is 6.09. The molecule has 0 aliphatic rings. The van der Waals surface area contributed by atoms with Crippen molar-refractivity contribution in [3.63, 3.8) is 0 Å². The van der Waals surface area contributed by atoms with E-state index in [0.29, 0.717) is 12.6 Å². The van der Waals surface area contributed by atoms with Gasteiger partial charge in [0.2, 0.25) is 0 Å². The number of nitrogens with two attached hydrogens (primary N) is 1. The predicted molar refractivity (Wildman–Crippen MR) is 69.6 cm³/mol. The fraction of sp³-hybridized carbons (Fsp3) is 0.615. The highest BCUT2D eigenvalue weighted by Gasteiger charge is 2.12. The Balaban J connectivity index is 2.66. The number of pyridine rings is 1. The van der Waals surface area contributed by atoms with Gasteiger partial charge in [-0.1, -0.05) is 13.0 Å². The molecule has 1 atom stereocenters. The normalized spacial score (nSPS) is 13.0. The summed E-state index contributed by atoms with van der Waals surface area (Å²) in [4.78, 5) is 6.85. The molecular formula is C13H23N3O. The number of aromatic nitrogens is 1. The summed E-state index contributed by atoms with van der Waals surface area (Å²) >= 11 is 0. The van der Waals surface area contributed by atoms with E-state index in [2.05, 4.69) is 23.7 Å². The Morgan fingerprint density at radius 2 is 2.12 bits per heavy atom. The molecule has 0 spiro atoms. The maximum Gasteiger partial charge on any atom is 0.0615 e. The van der Waals surface area contributed by atoms with E-state index < -0.39 is 0 Å². The molecule has 0 amide bonds. The Kier molecular flexibility index (Phi) is 6.11. The van der Waals surface area contributed by atoms with Crippen LogP contribution in [0.25, 0.3) is 0 Å². The molecule has 96 valence electrons. The predicted octanol–water partition coefficient (Wildman–Crippen LogP) is 1.40. The van der Waals surface area contributed by atoms with Crippen LogP contribution >= 0.6 is 0 Å². The highest BCUT2D eigenvalue weighted by atomic mass is 16.5. The van der Waals surface area contributed by atoms with Crippen LogP contribution in [0.3, 0.4) is 0 Å². The van der Waals surface area contributed by atoms with E-state index in [1.807, 2.05) is 18.2 Å². The van der Waals surface area contributed by atoms with Gasteiger partial charge < -0.3 is 10.5 Å². The van der Waals surface area contributed by atoms with Crippen LogP contribution in [-0.4, -0.2) is 36.2 Å². The van der Waals surface area contributed by atoms with Crippen LogP contribution in [0.4, 0.5) is 0 Å². The Bertz CT molecular complexity index is 330. The summed E-state index contributed by atoms with van der Waals surface area (Å²) in [6.07, 6.45) is 0. The molecular weight excluding hydrogens is 214 g/mol. The summed E-state index contributed by atoms with van der Waals surface area (Å²) in [5, 5.41) is 0. The summed E-state index contributed by atoms with van der Waals surface area (Å²) < 4.78 is 5.19. The van der Waals surface area contributed by atoms with Crippen LogP contribution < -0.4 is 5.73 Å². The zero-order chi connectivity index (χ0) is 12.7. The van der Waals surface area contributed by atoms with Gasteiger partial charge in [0.15, 0.2) is 0 Å². The van der Waals surface area contributed by atoms with E-state index in [4.69, 9.17) is 10.5 Å². The summed E-state index contributed by atoms with van der Waals surface area (Å²) in [6.45, 7) is 7.38. The van der Waals surface area contributed by atoms with Gasteiger partial charge in [0, 0.05) is 26.2 Å². The Hall–Kier alpha value is -0.970. The second kappa shape index (κ2) is 7.37. The highest BCUT2D eigenvalue weighted by molar-refractivity contribution is 5.11. The van der Waals surface area contributed by atoms with E-state index in [9.17, 15) is 0 Å². The van der Waals surface area contributed by atoms with Crippen molar-refractivity contribution in [3.8, 4) is 0 Å². The zero-order valence-electron chi connectivity index (χ0n) is 11.0. The van der Waals surface area contributed by atoms with Crippen LogP contribution in [0.2, 0.25) is 0 Å². The number of rotatable bonds is 7. The van der Waals surface area contributed by atoms with E-state index in [-0.39, 0.29) is 0 Å². The molecule has 1 aromatic rings. The highest BCUT2D eigenvalue weighted by Crippen LogP contribution is 2.07. The van der Waals surface area contributed by atoms with Crippen LogP contribution in [0.1, 0.15) is 25.2 Å². The summed E-state index contributed by atoms with van der Waals surface area (Å²) in [6, 6.07) is 6.41. The molecule has 0 saturated carbocycles. The minimum atomic E-state index is 0.397. The van der Waals surface area contributed by atoms with Gasteiger partial charge in [-0.15, -0.1) is 0 Å². The lowest BCUT2D eigenvalue weighted by Crippen LogP contribution is -2.35. The molecule has 0 saturated heterocycles. The quantitative estimate of drug-likeness (QED) is 0.779. The van der Waals surface area contributed by atoms with Crippen molar-refractivity contribution in [3.05, 3.63) is 29.6 Å². The molecule has 0 fully saturated rings. The van der Waals surface area contributed by atoms with Crippen LogP contribution in [0.15, 0.2) is 18.2 Å². The van der Waals surface area contributed by atoms with Gasteiger partial charge in [-0.2, -0.15) is 0 Å². The molecule has 1 unspecified atom stereocenters. The lowest BCUT2D eigenvalue weighted by atomic mass is 10.2. The third-order valence-corrected chi connectivity index (χ3v) is 2.88. The lowest BCUT2D eigenvalue weighted by molar-refractivity contribution is 0.0974. The fourth-order valence-electron chi connectivity index (χ4n) is 1.87. The second-order valence-electron chi connectivity index (χ2n) is 4.19. The average Bonchev–Trinajstić information content (AvgIpc) is 2.36. The van der Waals surface area contributed by atoms with Gasteiger partial charge in [0.05, 0.1) is 18.0 Å². The molecule has 0 aromatic carbocycles. The Morgan fingerprint density at radius 1 is 1.41 bits per heavy atom. The smallest absolute Gasteiger partial charge is 0.0615 e. The van der Waals surface area contributed by atoms with E-state index in [1.165, 1.54) is 0 Å². The first-order chi connectivity index (χ1) is 8.21. The molecule has 1 aromatic heterocycles. The van der Waals surface area contributed by atoms with E-state index in [1.54, 1.807) is 7.11 Å². The zero-order valence-corrected chi connectivity index (χ0v) is 11.0. The standard InChI is InChI=1S/C13H23N3O/c1-4-16(11(2)10-17-3)9-13-7-5-6-12(8-14)15-13/h5-7,11H,4,8-10,14H2,1-3H3.